The van der Waals surface area contributed by atoms with Gasteiger partial charge in [0.15, 0.2) is 0 Å². The van der Waals surface area contributed by atoms with Crippen LogP contribution in [0.3, 0.4) is 0 Å². The van der Waals surface area contributed by atoms with Gasteiger partial charge in [0.2, 0.25) is 5.91 Å². The minimum Gasteiger partial charge on any atom is -0.496 e. The number of hydrogen-bond donors (Lipinski definition) is 2. The zero-order valence-corrected chi connectivity index (χ0v) is 15.3. The van der Waals surface area contributed by atoms with Crippen LogP contribution in [0.2, 0.25) is 5.02 Å². The molecule has 1 aromatic carbocycles. The van der Waals surface area contributed by atoms with Gasteiger partial charge in [0.25, 0.3) is 5.56 Å². The molecule has 0 bridgehead atoms. The third-order valence-corrected chi connectivity index (χ3v) is 4.91. The Morgan fingerprint density at radius 3 is 2.85 bits per heavy atom. The maximum atomic E-state index is 12.6. The molecule has 0 aliphatic carbocycles. The molecule has 1 aliphatic rings. The summed E-state index contributed by atoms with van der Waals surface area (Å²) in [6.45, 7) is 1.31. The third kappa shape index (κ3) is 4.16. The molecular formula is C18H21ClN4O3. The Bertz CT molecular complexity index is 831. The zero-order valence-electron chi connectivity index (χ0n) is 14.5. The van der Waals surface area contributed by atoms with E-state index in [0.717, 1.165) is 24.2 Å². The highest BCUT2D eigenvalue weighted by Gasteiger charge is 2.24. The lowest BCUT2D eigenvalue weighted by Gasteiger charge is -2.33. The number of rotatable bonds is 5. The Morgan fingerprint density at radius 2 is 2.12 bits per heavy atom. The molecule has 0 spiro atoms. The van der Waals surface area contributed by atoms with E-state index in [-0.39, 0.29) is 17.0 Å². The lowest BCUT2D eigenvalue weighted by atomic mass is 10.0. The summed E-state index contributed by atoms with van der Waals surface area (Å²) in [7, 11) is 1.61. The lowest BCUT2D eigenvalue weighted by molar-refractivity contribution is -0.131. The number of H-pyrrole nitrogens is 1. The summed E-state index contributed by atoms with van der Waals surface area (Å²) in [5.41, 5.74) is 0.997. The van der Waals surface area contributed by atoms with E-state index in [2.05, 4.69) is 15.5 Å². The first-order valence-corrected chi connectivity index (χ1v) is 8.85. The summed E-state index contributed by atoms with van der Waals surface area (Å²) < 4.78 is 5.31. The average molecular weight is 377 g/mol. The van der Waals surface area contributed by atoms with Crippen LogP contribution in [0, 0.1) is 0 Å². The van der Waals surface area contributed by atoms with E-state index in [0.29, 0.717) is 25.2 Å². The number of carbonyl (C=O) groups excluding carboxylic acids is 1. The standard InChI is InChI=1S/C18H21ClN4O3/c1-26-15-5-3-2-4-12(15)10-16(24)23-8-6-13(7-9-23)21-14-11-20-22-18(25)17(14)19/h2-5,11,13H,6-10H2,1H3,(H2,21,22,25). The van der Waals surface area contributed by atoms with Gasteiger partial charge in [-0.05, 0) is 18.9 Å². The minimum absolute atomic E-state index is 0.0869. The van der Waals surface area contributed by atoms with E-state index >= 15 is 0 Å². The van der Waals surface area contributed by atoms with Gasteiger partial charge in [-0.1, -0.05) is 29.8 Å². The molecule has 8 heteroatoms. The van der Waals surface area contributed by atoms with E-state index in [4.69, 9.17) is 16.3 Å². The number of para-hydroxylation sites is 1. The number of likely N-dealkylation sites (tertiary alicyclic amines) is 1. The van der Waals surface area contributed by atoms with E-state index in [9.17, 15) is 9.59 Å². The first-order valence-electron chi connectivity index (χ1n) is 8.48. The Labute approximate surface area is 156 Å². The molecule has 0 atom stereocenters. The summed E-state index contributed by atoms with van der Waals surface area (Å²) in [5, 5.41) is 9.40. The highest BCUT2D eigenvalue weighted by atomic mass is 35.5. The predicted octanol–water partition coefficient (Wildman–Crippen LogP) is 2.08. The van der Waals surface area contributed by atoms with Crippen LogP contribution in [0.5, 0.6) is 5.75 Å². The van der Waals surface area contributed by atoms with Crippen molar-refractivity contribution in [3.05, 3.63) is 51.4 Å². The fourth-order valence-electron chi connectivity index (χ4n) is 3.10. The number of benzene rings is 1. The number of amides is 1. The second kappa shape index (κ2) is 8.23. The minimum atomic E-state index is -0.416. The van der Waals surface area contributed by atoms with Crippen molar-refractivity contribution in [1.29, 1.82) is 0 Å². The molecule has 1 amide bonds. The largest absolute Gasteiger partial charge is 0.496 e. The zero-order chi connectivity index (χ0) is 18.5. The average Bonchev–Trinajstić information content (AvgIpc) is 2.66. The number of nitrogens with one attached hydrogen (secondary N) is 2. The second-order valence-electron chi connectivity index (χ2n) is 6.21. The van der Waals surface area contributed by atoms with Crippen LogP contribution in [-0.4, -0.2) is 47.2 Å². The van der Waals surface area contributed by atoms with Gasteiger partial charge < -0.3 is 15.0 Å². The Kier molecular flexibility index (Phi) is 5.78. The van der Waals surface area contributed by atoms with Crippen LogP contribution in [-0.2, 0) is 11.2 Å². The maximum Gasteiger partial charge on any atom is 0.285 e. The molecule has 0 saturated carbocycles. The van der Waals surface area contributed by atoms with E-state index in [1.165, 1.54) is 6.20 Å². The topological polar surface area (TPSA) is 87.3 Å². The number of aromatic amines is 1. The van der Waals surface area contributed by atoms with Crippen molar-refractivity contribution in [2.75, 3.05) is 25.5 Å². The normalized spacial score (nSPS) is 14.9. The highest BCUT2D eigenvalue weighted by molar-refractivity contribution is 6.32. The SMILES string of the molecule is COc1ccccc1CC(=O)N1CCC(Nc2cn[nH]c(=O)c2Cl)CC1. The van der Waals surface area contributed by atoms with Crippen molar-refractivity contribution in [2.24, 2.45) is 0 Å². The van der Waals surface area contributed by atoms with Gasteiger partial charge in [-0.2, -0.15) is 5.10 Å². The van der Waals surface area contributed by atoms with Gasteiger partial charge in [-0.25, -0.2) is 5.10 Å². The molecule has 2 heterocycles. The molecule has 138 valence electrons. The number of methoxy groups -OCH3 is 1. The number of hydrogen-bond acceptors (Lipinski definition) is 5. The molecular weight excluding hydrogens is 356 g/mol. The van der Waals surface area contributed by atoms with Gasteiger partial charge in [-0.15, -0.1) is 0 Å². The summed E-state index contributed by atoms with van der Waals surface area (Å²) in [5.74, 6) is 0.817. The summed E-state index contributed by atoms with van der Waals surface area (Å²) in [6, 6.07) is 7.70. The van der Waals surface area contributed by atoms with Crippen LogP contribution in [0.4, 0.5) is 5.69 Å². The van der Waals surface area contributed by atoms with Crippen LogP contribution in [0.15, 0.2) is 35.3 Å². The van der Waals surface area contributed by atoms with Gasteiger partial charge in [-0.3, -0.25) is 9.59 Å². The fraction of sp³-hybridized carbons (Fsp3) is 0.389. The van der Waals surface area contributed by atoms with Crippen molar-refractivity contribution in [3.63, 3.8) is 0 Å². The fourth-order valence-corrected chi connectivity index (χ4v) is 3.25. The Morgan fingerprint density at radius 1 is 1.38 bits per heavy atom. The summed E-state index contributed by atoms with van der Waals surface area (Å²) in [4.78, 5) is 25.9. The Hall–Kier alpha value is -2.54. The van der Waals surface area contributed by atoms with Gasteiger partial charge >= 0.3 is 0 Å². The molecule has 1 aliphatic heterocycles. The van der Waals surface area contributed by atoms with Gasteiger partial charge in [0.05, 0.1) is 25.4 Å². The first kappa shape index (κ1) is 18.3. The van der Waals surface area contributed by atoms with E-state index in [1.807, 2.05) is 29.2 Å². The number of nitrogens with zero attached hydrogens (tertiary/aromatic N) is 2. The molecule has 1 saturated heterocycles. The van der Waals surface area contributed by atoms with Gasteiger partial charge in [0.1, 0.15) is 10.8 Å². The van der Waals surface area contributed by atoms with Crippen molar-refractivity contribution >= 4 is 23.2 Å². The maximum absolute atomic E-state index is 12.6. The molecule has 2 N–H and O–H groups in total. The summed E-state index contributed by atoms with van der Waals surface area (Å²) >= 11 is 5.99. The molecule has 0 radical (unpaired) electrons. The number of halogens is 1. The monoisotopic (exact) mass is 376 g/mol. The third-order valence-electron chi connectivity index (χ3n) is 4.54. The smallest absolute Gasteiger partial charge is 0.285 e. The van der Waals surface area contributed by atoms with Crippen LogP contribution in [0.25, 0.3) is 0 Å². The van der Waals surface area contributed by atoms with E-state index < -0.39 is 5.56 Å². The van der Waals surface area contributed by atoms with E-state index in [1.54, 1.807) is 7.11 Å². The van der Waals surface area contributed by atoms with Crippen molar-refractivity contribution in [3.8, 4) is 5.75 Å². The van der Waals surface area contributed by atoms with Crippen LogP contribution in [0.1, 0.15) is 18.4 Å². The quantitative estimate of drug-likeness (QED) is 0.834. The number of aromatic nitrogens is 2. The summed E-state index contributed by atoms with van der Waals surface area (Å²) in [6.07, 6.45) is 3.39. The predicted molar refractivity (Wildman–Crippen MR) is 99.8 cm³/mol. The van der Waals surface area contributed by atoms with Crippen LogP contribution >= 0.6 is 11.6 Å². The molecule has 1 aromatic heterocycles. The number of piperidine rings is 1. The van der Waals surface area contributed by atoms with Crippen molar-refractivity contribution in [1.82, 2.24) is 15.1 Å². The number of ether oxygens (including phenoxy) is 1. The second-order valence-corrected chi connectivity index (χ2v) is 6.59. The molecule has 26 heavy (non-hydrogen) atoms. The van der Waals surface area contributed by atoms with Crippen molar-refractivity contribution < 1.29 is 9.53 Å². The highest BCUT2D eigenvalue weighted by Crippen LogP contribution is 2.22. The van der Waals surface area contributed by atoms with Crippen LogP contribution < -0.4 is 15.6 Å². The number of anilines is 1. The molecule has 7 nitrogen and oxygen atoms in total. The lowest BCUT2D eigenvalue weighted by Crippen LogP contribution is -2.43. The van der Waals surface area contributed by atoms with Gasteiger partial charge in [0, 0.05) is 24.7 Å². The van der Waals surface area contributed by atoms with Crippen molar-refractivity contribution in [2.45, 2.75) is 25.3 Å². The Balaban J connectivity index is 1.55. The molecule has 0 unspecified atom stereocenters. The molecule has 1 fully saturated rings. The molecule has 2 aromatic rings. The number of carbonyl (C=O) groups is 1. The first-order chi connectivity index (χ1) is 12.6. The molecule has 3 rings (SSSR count).